The average molecular weight is 197 g/mol. The Morgan fingerprint density at radius 1 is 1.36 bits per heavy atom. The van der Waals surface area contributed by atoms with Gasteiger partial charge in [0.15, 0.2) is 0 Å². The number of fused-ring (bicyclic) bond motifs is 1. The molecule has 0 amide bonds. The van der Waals surface area contributed by atoms with Crippen molar-refractivity contribution < 1.29 is 13.5 Å². The van der Waals surface area contributed by atoms with Crippen molar-refractivity contribution in [3.05, 3.63) is 30.0 Å². The molecule has 0 saturated carbocycles. The summed E-state index contributed by atoms with van der Waals surface area (Å²) in [6.07, 6.45) is -2.48. The lowest BCUT2D eigenvalue weighted by molar-refractivity contribution is 0.147. The topological polar surface area (TPSA) is 25.0 Å². The maximum absolute atomic E-state index is 12.4. The van der Waals surface area contributed by atoms with Crippen molar-refractivity contribution in [3.63, 3.8) is 0 Å². The summed E-state index contributed by atoms with van der Waals surface area (Å²) in [5.74, 6) is 0.578. The van der Waals surface area contributed by atoms with Crippen LogP contribution in [0.1, 0.15) is 12.1 Å². The highest BCUT2D eigenvalue weighted by molar-refractivity contribution is 5.86. The zero-order chi connectivity index (χ0) is 10.1. The number of ether oxygens (including phenoxy) is 1. The fraction of sp³-hybridized carbons (Fsp3) is 0.200. The second kappa shape index (κ2) is 3.29. The Kier molecular flexibility index (Phi) is 2.11. The van der Waals surface area contributed by atoms with E-state index in [1.165, 1.54) is 13.2 Å². The summed E-state index contributed by atoms with van der Waals surface area (Å²) < 4.78 is 29.8. The van der Waals surface area contributed by atoms with Gasteiger partial charge in [0.25, 0.3) is 6.43 Å². The molecular weight excluding hydrogens is 188 g/mol. The van der Waals surface area contributed by atoms with Gasteiger partial charge in [-0.3, -0.25) is 0 Å². The van der Waals surface area contributed by atoms with E-state index < -0.39 is 6.43 Å². The van der Waals surface area contributed by atoms with Crippen molar-refractivity contribution in [1.29, 1.82) is 0 Å². The van der Waals surface area contributed by atoms with E-state index in [1.807, 2.05) is 0 Å². The number of benzene rings is 1. The second-order valence-corrected chi connectivity index (χ2v) is 2.95. The number of H-pyrrole nitrogens is 1. The van der Waals surface area contributed by atoms with Crippen LogP contribution in [0.25, 0.3) is 10.9 Å². The molecule has 2 aromatic rings. The van der Waals surface area contributed by atoms with Crippen LogP contribution in [0.15, 0.2) is 24.3 Å². The van der Waals surface area contributed by atoms with E-state index in [2.05, 4.69) is 4.98 Å². The molecule has 14 heavy (non-hydrogen) atoms. The van der Waals surface area contributed by atoms with Crippen molar-refractivity contribution in [2.45, 2.75) is 6.43 Å². The van der Waals surface area contributed by atoms with E-state index in [4.69, 9.17) is 4.74 Å². The minimum absolute atomic E-state index is 0.0792. The highest BCUT2D eigenvalue weighted by Gasteiger charge is 2.12. The molecule has 0 bridgehead atoms. The van der Waals surface area contributed by atoms with Crippen LogP contribution >= 0.6 is 0 Å². The maximum Gasteiger partial charge on any atom is 0.278 e. The van der Waals surface area contributed by atoms with Crippen LogP contribution in [0.4, 0.5) is 8.78 Å². The average Bonchev–Trinajstić information content (AvgIpc) is 2.60. The molecule has 4 heteroatoms. The van der Waals surface area contributed by atoms with Crippen LogP contribution in [-0.4, -0.2) is 12.1 Å². The number of hydrogen-bond donors (Lipinski definition) is 1. The smallest absolute Gasteiger partial charge is 0.278 e. The number of methoxy groups -OCH3 is 1. The number of alkyl halides is 2. The van der Waals surface area contributed by atoms with Crippen LogP contribution < -0.4 is 4.74 Å². The van der Waals surface area contributed by atoms with Gasteiger partial charge in [-0.05, 0) is 12.1 Å². The Bertz CT molecular complexity index is 450. The summed E-state index contributed by atoms with van der Waals surface area (Å²) in [4.78, 5) is 2.64. The molecule has 1 aromatic heterocycles. The molecule has 0 atom stereocenters. The molecular formula is C10H9F2NO. The van der Waals surface area contributed by atoms with Gasteiger partial charge in [0.1, 0.15) is 5.75 Å². The first kappa shape index (κ1) is 8.99. The SMILES string of the molecule is COc1cccc2cc(C(F)F)[nH]c12. The van der Waals surface area contributed by atoms with E-state index in [0.29, 0.717) is 11.3 Å². The van der Waals surface area contributed by atoms with E-state index in [0.717, 1.165) is 5.39 Å². The molecule has 1 aromatic carbocycles. The molecule has 0 unspecified atom stereocenters. The van der Waals surface area contributed by atoms with Crippen molar-refractivity contribution in [2.75, 3.05) is 7.11 Å². The molecule has 1 N–H and O–H groups in total. The first-order chi connectivity index (χ1) is 6.72. The minimum Gasteiger partial charge on any atom is -0.495 e. The van der Waals surface area contributed by atoms with Gasteiger partial charge < -0.3 is 9.72 Å². The Hall–Kier alpha value is -1.58. The van der Waals surface area contributed by atoms with E-state index in [-0.39, 0.29) is 5.69 Å². The Labute approximate surface area is 79.5 Å². The Morgan fingerprint density at radius 2 is 2.14 bits per heavy atom. The third-order valence-corrected chi connectivity index (χ3v) is 2.09. The lowest BCUT2D eigenvalue weighted by Crippen LogP contribution is -1.85. The maximum atomic E-state index is 12.4. The molecule has 0 aliphatic heterocycles. The molecule has 0 aliphatic rings. The van der Waals surface area contributed by atoms with E-state index in [9.17, 15) is 8.78 Å². The monoisotopic (exact) mass is 197 g/mol. The number of rotatable bonds is 2. The van der Waals surface area contributed by atoms with E-state index >= 15 is 0 Å². The predicted octanol–water partition coefficient (Wildman–Crippen LogP) is 3.11. The fourth-order valence-electron chi connectivity index (χ4n) is 1.44. The molecule has 0 spiro atoms. The Balaban J connectivity index is 2.64. The summed E-state index contributed by atoms with van der Waals surface area (Å²) in [7, 11) is 1.51. The predicted molar refractivity (Wildman–Crippen MR) is 49.8 cm³/mol. The van der Waals surface area contributed by atoms with E-state index in [1.54, 1.807) is 18.2 Å². The van der Waals surface area contributed by atoms with Crippen LogP contribution in [0.5, 0.6) is 5.75 Å². The van der Waals surface area contributed by atoms with Gasteiger partial charge >= 0.3 is 0 Å². The van der Waals surface area contributed by atoms with Gasteiger partial charge in [0.05, 0.1) is 18.3 Å². The number of para-hydroxylation sites is 1. The van der Waals surface area contributed by atoms with Crippen LogP contribution in [0, 0.1) is 0 Å². The number of aromatic nitrogens is 1. The van der Waals surface area contributed by atoms with Crippen LogP contribution in [0.3, 0.4) is 0 Å². The largest absolute Gasteiger partial charge is 0.495 e. The van der Waals surface area contributed by atoms with Gasteiger partial charge in [-0.2, -0.15) is 0 Å². The normalized spacial score (nSPS) is 11.1. The lowest BCUT2D eigenvalue weighted by atomic mass is 10.2. The number of aromatic amines is 1. The number of hydrogen-bond acceptors (Lipinski definition) is 1. The number of nitrogens with one attached hydrogen (secondary N) is 1. The third kappa shape index (κ3) is 1.32. The molecule has 74 valence electrons. The zero-order valence-electron chi connectivity index (χ0n) is 7.55. The first-order valence-electron chi connectivity index (χ1n) is 4.16. The Morgan fingerprint density at radius 3 is 2.79 bits per heavy atom. The van der Waals surface area contributed by atoms with Crippen LogP contribution in [-0.2, 0) is 0 Å². The fourth-order valence-corrected chi connectivity index (χ4v) is 1.44. The van der Waals surface area contributed by atoms with Gasteiger partial charge in [0, 0.05) is 5.39 Å². The summed E-state index contributed by atoms with van der Waals surface area (Å²) in [6.45, 7) is 0. The lowest BCUT2D eigenvalue weighted by Gasteiger charge is -1.99. The van der Waals surface area contributed by atoms with Gasteiger partial charge in [-0.15, -0.1) is 0 Å². The first-order valence-corrected chi connectivity index (χ1v) is 4.16. The van der Waals surface area contributed by atoms with Crippen molar-refractivity contribution >= 4 is 10.9 Å². The van der Waals surface area contributed by atoms with Crippen molar-refractivity contribution in [2.24, 2.45) is 0 Å². The summed E-state index contributed by atoms with van der Waals surface area (Å²) in [5, 5.41) is 0.736. The molecule has 2 nitrogen and oxygen atoms in total. The highest BCUT2D eigenvalue weighted by Crippen LogP contribution is 2.28. The third-order valence-electron chi connectivity index (χ3n) is 2.09. The minimum atomic E-state index is -2.48. The molecule has 0 fully saturated rings. The van der Waals surface area contributed by atoms with Gasteiger partial charge in [-0.25, -0.2) is 8.78 Å². The van der Waals surface area contributed by atoms with Gasteiger partial charge in [-0.1, -0.05) is 12.1 Å². The molecule has 0 aliphatic carbocycles. The molecule has 0 radical (unpaired) electrons. The highest BCUT2D eigenvalue weighted by atomic mass is 19.3. The molecule has 1 heterocycles. The molecule has 0 saturated heterocycles. The summed E-state index contributed by atoms with van der Waals surface area (Å²) in [6, 6.07) is 6.70. The number of halogens is 2. The zero-order valence-corrected chi connectivity index (χ0v) is 7.55. The van der Waals surface area contributed by atoms with Crippen molar-refractivity contribution in [3.8, 4) is 5.75 Å². The quantitative estimate of drug-likeness (QED) is 0.786. The van der Waals surface area contributed by atoms with Crippen LogP contribution in [0.2, 0.25) is 0 Å². The summed E-state index contributed by atoms with van der Waals surface area (Å²) in [5.41, 5.74) is 0.537. The van der Waals surface area contributed by atoms with Crippen molar-refractivity contribution in [1.82, 2.24) is 4.98 Å². The molecule has 2 rings (SSSR count). The standard InChI is InChI=1S/C10H9F2NO/c1-14-8-4-2-3-6-5-7(10(11)12)13-9(6)8/h2-5,10,13H,1H3. The van der Waals surface area contributed by atoms with Gasteiger partial charge in [0.2, 0.25) is 0 Å². The second-order valence-electron chi connectivity index (χ2n) is 2.95. The summed E-state index contributed by atoms with van der Waals surface area (Å²) >= 11 is 0.